The minimum Gasteiger partial charge on any atom is -0.366 e. The molecule has 0 radical (unpaired) electrons. The Morgan fingerprint density at radius 1 is 1.11 bits per heavy atom. The Hall–Kier alpha value is -2.95. The number of rotatable bonds is 5. The Morgan fingerprint density at radius 2 is 1.97 bits per heavy atom. The van der Waals surface area contributed by atoms with Gasteiger partial charge in [-0.3, -0.25) is 4.98 Å². The summed E-state index contributed by atoms with van der Waals surface area (Å²) in [7, 11) is 0. The Labute approximate surface area is 217 Å². The van der Waals surface area contributed by atoms with Crippen molar-refractivity contribution in [1.29, 1.82) is 0 Å². The molecule has 1 aliphatic heterocycles. The number of aromatic nitrogens is 6. The van der Waals surface area contributed by atoms with E-state index < -0.39 is 0 Å². The number of hydrogen-bond donors (Lipinski definition) is 3. The molecule has 0 aromatic carbocycles. The summed E-state index contributed by atoms with van der Waals surface area (Å²) in [6.45, 7) is 1.78. The predicted molar refractivity (Wildman–Crippen MR) is 140 cm³/mol. The molecule has 4 aromatic heterocycles. The van der Waals surface area contributed by atoms with Gasteiger partial charge in [-0.25, -0.2) is 15.0 Å². The maximum Gasteiger partial charge on any atom is 0.206 e. The Bertz CT molecular complexity index is 1440. The van der Waals surface area contributed by atoms with Crippen molar-refractivity contribution in [3.63, 3.8) is 0 Å². The third-order valence-corrected chi connectivity index (χ3v) is 9.16. The highest BCUT2D eigenvalue weighted by Crippen LogP contribution is 2.50. The second kappa shape index (κ2) is 8.57. The van der Waals surface area contributed by atoms with Crippen LogP contribution in [0.5, 0.6) is 0 Å². The molecular weight excluding hydrogens is 494 g/mol. The van der Waals surface area contributed by atoms with Crippen LogP contribution < -0.4 is 16.0 Å². The van der Waals surface area contributed by atoms with Gasteiger partial charge in [0, 0.05) is 48.7 Å². The van der Waals surface area contributed by atoms with Gasteiger partial charge in [-0.1, -0.05) is 23.4 Å². The zero-order valence-electron chi connectivity index (χ0n) is 19.6. The average Bonchev–Trinajstić information content (AvgIpc) is 3.55. The van der Waals surface area contributed by atoms with E-state index in [0.717, 1.165) is 66.9 Å². The van der Waals surface area contributed by atoms with Crippen LogP contribution in [0.25, 0.3) is 11.3 Å². The second-order valence-electron chi connectivity index (χ2n) is 10.0. The summed E-state index contributed by atoms with van der Waals surface area (Å²) in [5.41, 5.74) is 10.7. The molecule has 4 aromatic rings. The number of H-pyrrole nitrogens is 1. The van der Waals surface area contributed by atoms with Gasteiger partial charge in [0.05, 0.1) is 11.2 Å². The second-order valence-corrected chi connectivity index (χ2v) is 11.5. The molecule has 1 saturated heterocycles. The number of nitrogens with zero attached hydrogens (tertiary/aromatic N) is 6. The van der Waals surface area contributed by atoms with Gasteiger partial charge in [0.1, 0.15) is 10.8 Å². The van der Waals surface area contributed by atoms with Crippen LogP contribution in [0, 0.1) is 5.41 Å². The van der Waals surface area contributed by atoms with Gasteiger partial charge in [-0.2, -0.15) is 4.98 Å². The number of anilines is 2. The molecule has 184 valence electrons. The van der Waals surface area contributed by atoms with Crippen molar-refractivity contribution in [3.8, 4) is 0 Å². The fourth-order valence-electron chi connectivity index (χ4n) is 5.46. The van der Waals surface area contributed by atoms with Crippen molar-refractivity contribution in [2.75, 3.05) is 23.3 Å². The Balaban J connectivity index is 1.07. The zero-order chi connectivity index (χ0) is 24.3. The van der Waals surface area contributed by atoms with E-state index in [9.17, 15) is 0 Å². The number of halogens is 1. The highest BCUT2D eigenvalue weighted by Gasteiger charge is 2.46. The monoisotopic (exact) mass is 519 g/mol. The lowest BCUT2D eigenvalue weighted by molar-refractivity contribution is 0.187. The molecule has 2 fully saturated rings. The summed E-state index contributed by atoms with van der Waals surface area (Å²) in [4.78, 5) is 29.3. The molecule has 4 N–H and O–H groups in total. The maximum atomic E-state index is 6.72. The average molecular weight is 520 g/mol. The van der Waals surface area contributed by atoms with Gasteiger partial charge >= 0.3 is 0 Å². The summed E-state index contributed by atoms with van der Waals surface area (Å²) in [5, 5.41) is 4.75. The fourth-order valence-corrected chi connectivity index (χ4v) is 6.53. The van der Waals surface area contributed by atoms with Crippen molar-refractivity contribution in [1.82, 2.24) is 29.9 Å². The minimum atomic E-state index is 0.0660. The molecular formula is C25H26ClN9S. The van der Waals surface area contributed by atoms with Crippen LogP contribution in [0.2, 0.25) is 5.02 Å². The molecule has 11 heteroatoms. The van der Waals surface area contributed by atoms with E-state index in [0.29, 0.717) is 22.4 Å². The van der Waals surface area contributed by atoms with Gasteiger partial charge in [0.15, 0.2) is 11.3 Å². The SMILES string of the molecule is N[C@H]1c2ccncc2CC12CCN(c1nc3ncc(Sc4ccnc(NC5CC5)c4Cl)nc3[nH]1)CC2. The Morgan fingerprint density at radius 3 is 2.78 bits per heavy atom. The third kappa shape index (κ3) is 3.88. The van der Waals surface area contributed by atoms with Crippen molar-refractivity contribution in [2.45, 2.75) is 54.1 Å². The topological polar surface area (TPSA) is 122 Å². The van der Waals surface area contributed by atoms with Gasteiger partial charge in [0.25, 0.3) is 0 Å². The fraction of sp³-hybridized carbons (Fsp3) is 0.400. The first-order chi connectivity index (χ1) is 17.6. The molecule has 9 nitrogen and oxygen atoms in total. The maximum absolute atomic E-state index is 6.72. The van der Waals surface area contributed by atoms with E-state index in [2.05, 4.69) is 36.2 Å². The standard InChI is InChI=1S/C25H26ClN9S/c26-19-17(4-8-29-21(19)31-15-1-2-15)36-18-13-30-22-23(32-18)34-24(33-22)35-9-5-25(6-10-35)11-14-12-28-7-3-16(14)20(25)27/h3-4,7-8,12-13,15,20H,1-2,5-6,9-11,27H2,(H,29,31)(H,30,32,33,34)/t20-/m0/s1. The van der Waals surface area contributed by atoms with Gasteiger partial charge < -0.3 is 20.9 Å². The van der Waals surface area contributed by atoms with Gasteiger partial charge in [-0.15, -0.1) is 0 Å². The number of hydrogen-bond acceptors (Lipinski definition) is 9. The number of pyridine rings is 2. The van der Waals surface area contributed by atoms with Crippen molar-refractivity contribution in [2.24, 2.45) is 11.1 Å². The highest BCUT2D eigenvalue weighted by molar-refractivity contribution is 7.99. The smallest absolute Gasteiger partial charge is 0.206 e. The van der Waals surface area contributed by atoms with Crippen molar-refractivity contribution in [3.05, 3.63) is 53.1 Å². The van der Waals surface area contributed by atoms with E-state index in [4.69, 9.17) is 27.3 Å². The van der Waals surface area contributed by atoms with Crippen LogP contribution in [-0.2, 0) is 6.42 Å². The highest BCUT2D eigenvalue weighted by atomic mass is 35.5. The third-order valence-electron chi connectivity index (χ3n) is 7.70. The van der Waals surface area contributed by atoms with E-state index >= 15 is 0 Å². The lowest BCUT2D eigenvalue weighted by Crippen LogP contribution is -2.44. The van der Waals surface area contributed by atoms with Crippen LogP contribution in [0.4, 0.5) is 11.8 Å². The number of fused-ring (bicyclic) bond motifs is 2. The van der Waals surface area contributed by atoms with E-state index in [1.807, 2.05) is 18.5 Å². The van der Waals surface area contributed by atoms with Crippen LogP contribution in [-0.4, -0.2) is 49.0 Å². The first kappa shape index (κ1) is 22.3. The first-order valence-electron chi connectivity index (χ1n) is 12.3. The molecule has 36 heavy (non-hydrogen) atoms. The molecule has 5 heterocycles. The normalized spacial score (nSPS) is 20.7. The predicted octanol–water partition coefficient (Wildman–Crippen LogP) is 4.36. The van der Waals surface area contributed by atoms with E-state index in [1.165, 1.54) is 22.9 Å². The van der Waals surface area contributed by atoms with Crippen molar-refractivity contribution < 1.29 is 0 Å². The summed E-state index contributed by atoms with van der Waals surface area (Å²) >= 11 is 8.09. The molecule has 0 unspecified atom stereocenters. The molecule has 2 aliphatic carbocycles. The number of piperidine rings is 1. The summed E-state index contributed by atoms with van der Waals surface area (Å²) in [5.74, 6) is 1.54. The summed E-state index contributed by atoms with van der Waals surface area (Å²) < 4.78 is 0. The lowest BCUT2D eigenvalue weighted by atomic mass is 9.73. The van der Waals surface area contributed by atoms with Crippen LogP contribution in [0.15, 0.2) is 46.8 Å². The van der Waals surface area contributed by atoms with Crippen LogP contribution >= 0.6 is 23.4 Å². The van der Waals surface area contributed by atoms with Crippen LogP contribution in [0.3, 0.4) is 0 Å². The molecule has 1 spiro atoms. The summed E-state index contributed by atoms with van der Waals surface area (Å²) in [6.07, 6.45) is 12.7. The molecule has 1 atom stereocenters. The number of imidazole rings is 1. The minimum absolute atomic E-state index is 0.0660. The molecule has 7 rings (SSSR count). The van der Waals surface area contributed by atoms with Crippen LogP contribution in [0.1, 0.15) is 42.9 Å². The molecule has 1 saturated carbocycles. The molecule has 0 bridgehead atoms. The molecule has 0 amide bonds. The van der Waals surface area contributed by atoms with Crippen molar-refractivity contribution >= 4 is 46.4 Å². The van der Waals surface area contributed by atoms with E-state index in [-0.39, 0.29) is 11.5 Å². The first-order valence-corrected chi connectivity index (χ1v) is 13.5. The summed E-state index contributed by atoms with van der Waals surface area (Å²) in [6, 6.07) is 4.53. The number of aromatic amines is 1. The largest absolute Gasteiger partial charge is 0.366 e. The zero-order valence-corrected chi connectivity index (χ0v) is 21.2. The van der Waals surface area contributed by atoms with Gasteiger partial charge in [0.2, 0.25) is 5.95 Å². The quantitative estimate of drug-likeness (QED) is 0.353. The number of nitrogens with one attached hydrogen (secondary N) is 2. The number of nitrogens with two attached hydrogens (primary N) is 1. The Kier molecular flexibility index (Phi) is 5.30. The van der Waals surface area contributed by atoms with E-state index in [1.54, 1.807) is 12.4 Å². The lowest BCUT2D eigenvalue weighted by Gasteiger charge is -2.42. The van der Waals surface area contributed by atoms with Gasteiger partial charge in [-0.05, 0) is 60.8 Å². The molecule has 3 aliphatic rings.